The molecule has 2 amide bonds. The van der Waals surface area contributed by atoms with Crippen LogP contribution in [0.25, 0.3) is 21.5 Å². The Morgan fingerprint density at radius 1 is 0.574 bits per heavy atom. The number of aryl methyl sites for hydroxylation is 2. The van der Waals surface area contributed by atoms with Gasteiger partial charge >= 0.3 is 11.9 Å². The van der Waals surface area contributed by atoms with Gasteiger partial charge in [-0.25, -0.2) is 20.4 Å². The molecule has 0 radical (unpaired) electrons. The van der Waals surface area contributed by atoms with Crippen LogP contribution in [0.15, 0.2) is 132 Å². The largest absolute Gasteiger partial charge is 0.422 e. The molecule has 10 heteroatoms. The first-order valence-corrected chi connectivity index (χ1v) is 17.5. The van der Waals surface area contributed by atoms with Crippen molar-refractivity contribution in [2.24, 2.45) is 15.6 Å². The van der Waals surface area contributed by atoms with Crippen LogP contribution in [0.5, 0.6) is 11.5 Å². The van der Waals surface area contributed by atoms with Crippen LogP contribution in [-0.4, -0.2) is 36.2 Å². The number of rotatable bonds is 10. The zero-order chi connectivity index (χ0) is 37.7. The van der Waals surface area contributed by atoms with Gasteiger partial charge in [-0.1, -0.05) is 102 Å². The van der Waals surface area contributed by atoms with Crippen LogP contribution in [0.4, 0.5) is 0 Å². The highest BCUT2D eigenvalue weighted by Gasteiger charge is 2.51. The second-order valence-electron chi connectivity index (χ2n) is 13.2. The Kier molecular flexibility index (Phi) is 10.1. The fourth-order valence-electron chi connectivity index (χ4n) is 6.47. The number of amides is 2. The molecule has 6 aromatic rings. The van der Waals surface area contributed by atoms with E-state index in [9.17, 15) is 19.2 Å². The molecule has 0 bridgehead atoms. The number of nitrogens with one attached hydrogen (secondary N) is 2. The average molecular weight is 717 g/mol. The molecule has 1 aliphatic carbocycles. The Hall–Kier alpha value is -6.94. The first-order chi connectivity index (χ1) is 26.2. The van der Waals surface area contributed by atoms with Gasteiger partial charge in [0.05, 0.1) is 23.6 Å². The summed E-state index contributed by atoms with van der Waals surface area (Å²) in [6.45, 7) is 3.78. The van der Waals surface area contributed by atoms with Crippen molar-refractivity contribution in [1.82, 2.24) is 10.9 Å². The number of benzene rings is 6. The lowest BCUT2D eigenvalue weighted by Gasteiger charge is -2.36. The van der Waals surface area contributed by atoms with Crippen molar-refractivity contribution in [1.29, 1.82) is 0 Å². The lowest BCUT2D eigenvalue weighted by molar-refractivity contribution is -0.149. The molecule has 54 heavy (non-hydrogen) atoms. The molecule has 1 aliphatic rings. The van der Waals surface area contributed by atoms with Gasteiger partial charge in [0, 0.05) is 11.1 Å². The van der Waals surface area contributed by atoms with Gasteiger partial charge in [0.2, 0.25) is 0 Å². The van der Waals surface area contributed by atoms with Crippen molar-refractivity contribution >= 4 is 57.7 Å². The Morgan fingerprint density at radius 3 is 1.43 bits per heavy atom. The fraction of sp³-hybridized carbons (Fsp3) is 0.136. The molecule has 6 aromatic carbocycles. The zero-order valence-electron chi connectivity index (χ0n) is 29.7. The molecule has 268 valence electrons. The van der Waals surface area contributed by atoms with Crippen molar-refractivity contribution < 1.29 is 28.7 Å². The summed E-state index contributed by atoms with van der Waals surface area (Å²) in [5.74, 6) is -1.71. The Bertz CT molecular complexity index is 2330. The van der Waals surface area contributed by atoms with Crippen LogP contribution >= 0.6 is 0 Å². The number of hydrogen-bond donors (Lipinski definition) is 2. The predicted molar refractivity (Wildman–Crippen MR) is 208 cm³/mol. The first kappa shape index (κ1) is 35.5. The van der Waals surface area contributed by atoms with Crippen molar-refractivity contribution in [3.63, 3.8) is 0 Å². The molecule has 0 heterocycles. The van der Waals surface area contributed by atoms with Crippen molar-refractivity contribution in [2.45, 2.75) is 33.1 Å². The van der Waals surface area contributed by atoms with Gasteiger partial charge < -0.3 is 9.47 Å². The Labute approximate surface area is 311 Å². The first-order valence-electron chi connectivity index (χ1n) is 17.5. The predicted octanol–water partition coefficient (Wildman–Crippen LogP) is 7.82. The summed E-state index contributed by atoms with van der Waals surface area (Å²) in [5.41, 5.74) is 7.31. The van der Waals surface area contributed by atoms with E-state index in [4.69, 9.17) is 9.47 Å². The van der Waals surface area contributed by atoms with Gasteiger partial charge in [-0.2, -0.15) is 10.2 Å². The molecule has 0 saturated heterocycles. The maximum absolute atomic E-state index is 13.6. The lowest BCUT2D eigenvalue weighted by atomic mass is 9.67. The van der Waals surface area contributed by atoms with Gasteiger partial charge in [0.15, 0.2) is 0 Å². The summed E-state index contributed by atoms with van der Waals surface area (Å²) in [7, 11) is 0. The second kappa shape index (κ2) is 15.3. The molecular weight excluding hydrogens is 681 g/mol. The van der Waals surface area contributed by atoms with Crippen LogP contribution in [0.2, 0.25) is 0 Å². The molecule has 0 aliphatic heterocycles. The molecule has 0 spiro atoms. The van der Waals surface area contributed by atoms with Crippen LogP contribution in [0.1, 0.15) is 62.2 Å². The molecule has 10 nitrogen and oxygen atoms in total. The number of esters is 2. The number of fused-ring (bicyclic) bond motifs is 2. The van der Waals surface area contributed by atoms with Gasteiger partial charge in [0.25, 0.3) is 11.8 Å². The van der Waals surface area contributed by atoms with E-state index in [1.54, 1.807) is 48.5 Å². The molecule has 7 rings (SSSR count). The molecule has 2 N–H and O–H groups in total. The molecular formula is C44H36N4O6. The van der Waals surface area contributed by atoms with E-state index in [2.05, 4.69) is 21.1 Å². The number of hydrogen-bond acceptors (Lipinski definition) is 8. The van der Waals surface area contributed by atoms with Crippen LogP contribution in [0, 0.1) is 19.3 Å². The lowest BCUT2D eigenvalue weighted by Crippen LogP contribution is -2.53. The fourth-order valence-corrected chi connectivity index (χ4v) is 6.47. The molecule has 0 atom stereocenters. The van der Waals surface area contributed by atoms with Crippen molar-refractivity contribution in [2.75, 3.05) is 0 Å². The summed E-state index contributed by atoms with van der Waals surface area (Å²) in [4.78, 5) is 53.3. The Morgan fingerprint density at radius 2 is 1.02 bits per heavy atom. The number of ether oxygens (including phenoxy) is 2. The van der Waals surface area contributed by atoms with E-state index in [0.717, 1.165) is 32.7 Å². The third-order valence-corrected chi connectivity index (χ3v) is 9.57. The SMILES string of the molecule is Cc1cccc(C(=O)Oc2ccc3ccccc3c2C=NNC(=O)C2(C(=O)NN=Cc3c(OC(=O)c4cccc(C)c4)ccc4ccccc34)CCC2)c1. The molecule has 0 aromatic heterocycles. The summed E-state index contributed by atoms with van der Waals surface area (Å²) in [6.07, 6.45) is 4.11. The summed E-state index contributed by atoms with van der Waals surface area (Å²) in [5, 5.41) is 11.7. The number of nitrogens with zero attached hydrogens (tertiary/aromatic N) is 2. The van der Waals surface area contributed by atoms with E-state index < -0.39 is 29.2 Å². The van der Waals surface area contributed by atoms with E-state index in [0.29, 0.717) is 41.5 Å². The number of carbonyl (C=O) groups is 4. The minimum absolute atomic E-state index is 0.265. The maximum Gasteiger partial charge on any atom is 0.343 e. The second-order valence-corrected chi connectivity index (χ2v) is 13.2. The highest BCUT2D eigenvalue weighted by Crippen LogP contribution is 2.41. The monoisotopic (exact) mass is 716 g/mol. The number of carbonyl (C=O) groups excluding carboxylic acids is 4. The van der Waals surface area contributed by atoms with Gasteiger partial charge in [-0.05, 0) is 84.6 Å². The number of hydrazone groups is 2. The molecule has 0 unspecified atom stereocenters. The summed E-state index contributed by atoms with van der Waals surface area (Å²) >= 11 is 0. The van der Waals surface area contributed by atoms with E-state index in [1.807, 2.05) is 86.6 Å². The normalized spacial score (nSPS) is 13.4. The quantitative estimate of drug-likeness (QED) is 0.0488. The third kappa shape index (κ3) is 7.35. The third-order valence-electron chi connectivity index (χ3n) is 9.57. The van der Waals surface area contributed by atoms with Crippen LogP contribution in [0.3, 0.4) is 0 Å². The van der Waals surface area contributed by atoms with Crippen LogP contribution < -0.4 is 20.3 Å². The summed E-state index contributed by atoms with van der Waals surface area (Å²) < 4.78 is 11.6. The molecule has 1 fully saturated rings. The van der Waals surface area contributed by atoms with Gasteiger partial charge in [-0.15, -0.1) is 0 Å². The van der Waals surface area contributed by atoms with Crippen LogP contribution in [-0.2, 0) is 9.59 Å². The maximum atomic E-state index is 13.6. The van der Waals surface area contributed by atoms with E-state index in [1.165, 1.54) is 12.4 Å². The van der Waals surface area contributed by atoms with Gasteiger partial charge in [-0.3, -0.25) is 9.59 Å². The van der Waals surface area contributed by atoms with E-state index >= 15 is 0 Å². The van der Waals surface area contributed by atoms with Crippen molar-refractivity contribution in [3.8, 4) is 11.5 Å². The smallest absolute Gasteiger partial charge is 0.343 e. The minimum atomic E-state index is -1.40. The minimum Gasteiger partial charge on any atom is -0.422 e. The highest BCUT2D eigenvalue weighted by atomic mass is 16.5. The van der Waals surface area contributed by atoms with E-state index in [-0.39, 0.29) is 11.5 Å². The topological polar surface area (TPSA) is 136 Å². The zero-order valence-corrected chi connectivity index (χ0v) is 29.7. The highest BCUT2D eigenvalue weighted by molar-refractivity contribution is 6.08. The Balaban J connectivity index is 1.08. The molecule has 1 saturated carbocycles. The van der Waals surface area contributed by atoms with Crippen molar-refractivity contribution in [3.05, 3.63) is 155 Å². The standard InChI is InChI=1S/C44H36N4O6/c1-28-10-7-14-32(24-28)40(49)53-38-20-18-30-12-3-5-16-34(30)36(38)26-45-47-42(51)44(22-9-23-44)43(52)48-46-27-37-35-17-6-4-13-31(35)19-21-39(37)54-41(50)33-15-8-11-29(2)25-33/h3-8,10-21,24-27H,9,22-23H2,1-2H3,(H,47,51)(H,48,52). The average Bonchev–Trinajstić information content (AvgIpc) is 3.15. The summed E-state index contributed by atoms with van der Waals surface area (Å²) in [6, 6.07) is 36.3. The van der Waals surface area contributed by atoms with Gasteiger partial charge in [0.1, 0.15) is 16.9 Å².